The molecule has 5 rings (SSSR count). The van der Waals surface area contributed by atoms with E-state index < -0.39 is 50.3 Å². The van der Waals surface area contributed by atoms with Gasteiger partial charge < -0.3 is 19.9 Å². The van der Waals surface area contributed by atoms with Gasteiger partial charge in [-0.2, -0.15) is 13.2 Å². The predicted octanol–water partition coefficient (Wildman–Crippen LogP) is 10.4. The number of carbonyl (C=O) groups excluding carboxylic acids is 1. The number of aliphatic hydroxyl groups is 1. The van der Waals surface area contributed by atoms with E-state index >= 15 is 0 Å². The van der Waals surface area contributed by atoms with E-state index in [2.05, 4.69) is 11.4 Å². The lowest BCUT2D eigenvalue weighted by Gasteiger charge is -2.31. The van der Waals surface area contributed by atoms with E-state index in [1.807, 2.05) is 79.0 Å². The molecular weight excluding hydrogens is 734 g/mol. The Labute approximate surface area is 319 Å². The van der Waals surface area contributed by atoms with Crippen LogP contribution in [0.5, 0.6) is 5.75 Å². The van der Waals surface area contributed by atoms with Crippen molar-refractivity contribution in [1.29, 1.82) is 0 Å². The number of ether oxygens (including phenoxy) is 2. The van der Waals surface area contributed by atoms with Gasteiger partial charge in [0.05, 0.1) is 24.3 Å². The van der Waals surface area contributed by atoms with Crippen molar-refractivity contribution in [1.82, 2.24) is 5.32 Å². The van der Waals surface area contributed by atoms with Crippen LogP contribution in [0.1, 0.15) is 56.8 Å². The first-order valence-corrected chi connectivity index (χ1v) is 19.8. The van der Waals surface area contributed by atoms with Gasteiger partial charge in [0.2, 0.25) is 5.66 Å². The highest BCUT2D eigenvalue weighted by molar-refractivity contribution is 7.39. The Kier molecular flexibility index (Phi) is 14.8. The van der Waals surface area contributed by atoms with Crippen LogP contribution >= 0.6 is 19.4 Å². The van der Waals surface area contributed by atoms with Crippen LogP contribution in [0.4, 0.5) is 18.0 Å². The van der Waals surface area contributed by atoms with Gasteiger partial charge >= 0.3 is 20.3 Å². The Balaban J connectivity index is 1.32. The Morgan fingerprint density at radius 1 is 0.852 bits per heavy atom. The molecule has 0 aliphatic heterocycles. The van der Waals surface area contributed by atoms with Gasteiger partial charge in [-0.1, -0.05) is 97.1 Å². The maximum Gasteiger partial charge on any atom is 0.516 e. The number of aryl methyl sites for hydroxylation is 3. The third-order valence-corrected chi connectivity index (χ3v) is 11.2. The number of nitrogens with one attached hydrogen (secondary N) is 1. The van der Waals surface area contributed by atoms with Crippen LogP contribution in [-0.2, 0) is 45.9 Å². The third kappa shape index (κ3) is 12.2. The van der Waals surface area contributed by atoms with Gasteiger partial charge in [-0.15, -0.1) is 15.9 Å². The number of alkyl carbamates (subject to hydrolysis) is 1. The molecule has 0 aliphatic rings. The van der Waals surface area contributed by atoms with Gasteiger partial charge in [0, 0.05) is 16.9 Å². The molecule has 1 heterocycles. The molecule has 0 fully saturated rings. The van der Waals surface area contributed by atoms with Crippen molar-refractivity contribution >= 4 is 25.5 Å². The first-order chi connectivity index (χ1) is 26.0. The number of benzene rings is 4. The molecule has 0 saturated heterocycles. The number of carbonyl (C=O) groups is 1. The average Bonchev–Trinajstić information content (AvgIpc) is 3.61. The van der Waals surface area contributed by atoms with Crippen molar-refractivity contribution in [3.05, 3.63) is 159 Å². The summed E-state index contributed by atoms with van der Waals surface area (Å²) in [5.41, 5.74) is 0.866. The summed E-state index contributed by atoms with van der Waals surface area (Å²) in [5, 5.41) is 15.5. The van der Waals surface area contributed by atoms with Crippen LogP contribution in [0.3, 0.4) is 0 Å². The topological polar surface area (TPSA) is 94.1 Å². The van der Waals surface area contributed by atoms with Crippen molar-refractivity contribution in [3.63, 3.8) is 0 Å². The number of rotatable bonds is 19. The molecule has 284 valence electrons. The van der Waals surface area contributed by atoms with Gasteiger partial charge in [-0.3, -0.25) is 0 Å². The molecule has 5 aromatic rings. The number of hydrogen-bond donors (Lipinski definition) is 2. The van der Waals surface area contributed by atoms with Crippen LogP contribution in [0, 0.1) is 6.92 Å². The average molecular weight is 779 g/mol. The second-order valence-electron chi connectivity index (χ2n) is 13.1. The molecule has 3 unspecified atom stereocenters. The smallest absolute Gasteiger partial charge is 0.493 e. The van der Waals surface area contributed by atoms with Crippen molar-refractivity contribution in [2.45, 2.75) is 63.0 Å². The minimum atomic E-state index is -4.68. The summed E-state index contributed by atoms with van der Waals surface area (Å²) >= 11 is 1.63. The first kappa shape index (κ1) is 40.6. The summed E-state index contributed by atoms with van der Waals surface area (Å²) in [7, 11) is -2.41. The largest absolute Gasteiger partial charge is 0.516 e. The van der Waals surface area contributed by atoms with E-state index in [0.717, 1.165) is 28.3 Å². The highest BCUT2D eigenvalue weighted by Crippen LogP contribution is 2.45. The standard InChI is InChI=1S/C42H43F3NO6PS/c1-31-24-35(28-54-31)16-11-23-50-38-20-19-33(25-37(38)42(43,44)45)21-22-41(29-47,46-40(48)51-27-34-14-7-3-8-15-34)30-52-53(49)39(36-17-9-4-10-18-36)26-32-12-5-2-6-13-32/h2-10,12-15,17-20,24-25,28,39,47H,11,16,21-23,26-27,29-30H2,1H3/p+1. The molecule has 0 bridgehead atoms. The molecule has 7 nitrogen and oxygen atoms in total. The number of alkyl halides is 3. The van der Waals surface area contributed by atoms with Crippen LogP contribution in [-0.4, -0.2) is 36.6 Å². The van der Waals surface area contributed by atoms with Gasteiger partial charge in [0.15, 0.2) is 0 Å². The highest BCUT2D eigenvalue weighted by Gasteiger charge is 2.41. The van der Waals surface area contributed by atoms with E-state index in [1.165, 1.54) is 17.0 Å². The molecular formula is C42H44F3NO6PS+. The van der Waals surface area contributed by atoms with Crippen LogP contribution in [0.25, 0.3) is 0 Å². The monoisotopic (exact) mass is 778 g/mol. The maximum atomic E-state index is 14.3. The SMILES string of the molecule is Cc1cc(CCCOc2ccc(CCC(CO)(CO[P+](=O)C(Cc3ccccc3)c3ccccc3)NC(=O)OCc3ccccc3)cc2C(F)(F)F)cs1. The fourth-order valence-corrected chi connectivity index (χ4v) is 8.04. The highest BCUT2D eigenvalue weighted by atomic mass is 32.1. The van der Waals surface area contributed by atoms with E-state index in [1.54, 1.807) is 35.6 Å². The van der Waals surface area contributed by atoms with Crippen molar-refractivity contribution in [2.24, 2.45) is 0 Å². The Morgan fingerprint density at radius 2 is 1.52 bits per heavy atom. The van der Waals surface area contributed by atoms with E-state index in [-0.39, 0.29) is 31.8 Å². The molecule has 1 amide bonds. The predicted molar refractivity (Wildman–Crippen MR) is 205 cm³/mol. The summed E-state index contributed by atoms with van der Waals surface area (Å²) in [6.45, 7) is 1.00. The van der Waals surface area contributed by atoms with Crippen LogP contribution in [0.2, 0.25) is 0 Å². The van der Waals surface area contributed by atoms with Gasteiger partial charge in [0.25, 0.3) is 0 Å². The molecule has 0 spiro atoms. The number of aliphatic hydroxyl groups excluding tert-OH is 1. The third-order valence-electron chi connectivity index (χ3n) is 8.96. The minimum absolute atomic E-state index is 0.00661. The summed E-state index contributed by atoms with van der Waals surface area (Å²) < 4.78 is 73.8. The lowest BCUT2D eigenvalue weighted by Crippen LogP contribution is -2.55. The lowest BCUT2D eigenvalue weighted by atomic mass is 9.92. The normalized spacial score (nSPS) is 13.5. The van der Waals surface area contributed by atoms with Gasteiger partial charge in [-0.25, -0.2) is 4.79 Å². The van der Waals surface area contributed by atoms with Crippen molar-refractivity contribution in [2.75, 3.05) is 19.8 Å². The maximum absolute atomic E-state index is 14.3. The molecule has 0 radical (unpaired) electrons. The van der Waals surface area contributed by atoms with E-state index in [0.29, 0.717) is 24.8 Å². The summed E-state index contributed by atoms with van der Waals surface area (Å²) in [6.07, 6.45) is -3.95. The number of amides is 1. The molecule has 0 saturated carbocycles. The molecule has 4 aromatic carbocycles. The van der Waals surface area contributed by atoms with Crippen molar-refractivity contribution in [3.8, 4) is 5.75 Å². The minimum Gasteiger partial charge on any atom is -0.493 e. The zero-order chi connectivity index (χ0) is 38.4. The quantitative estimate of drug-likeness (QED) is 0.0640. The lowest BCUT2D eigenvalue weighted by molar-refractivity contribution is -0.139. The second kappa shape index (κ2) is 19.7. The molecule has 3 atom stereocenters. The zero-order valence-corrected chi connectivity index (χ0v) is 31.7. The van der Waals surface area contributed by atoms with Crippen LogP contribution in [0.15, 0.2) is 121 Å². The number of thiophene rings is 1. The fourth-order valence-electron chi connectivity index (χ4n) is 5.97. The molecule has 0 aliphatic carbocycles. The van der Waals surface area contributed by atoms with Gasteiger partial charge in [0.1, 0.15) is 19.0 Å². The first-order valence-electron chi connectivity index (χ1n) is 17.7. The zero-order valence-electron chi connectivity index (χ0n) is 30.0. The second-order valence-corrected chi connectivity index (χ2v) is 15.7. The summed E-state index contributed by atoms with van der Waals surface area (Å²) in [4.78, 5) is 14.3. The summed E-state index contributed by atoms with van der Waals surface area (Å²) in [6, 6.07) is 33.7. The molecule has 54 heavy (non-hydrogen) atoms. The Bertz CT molecular complexity index is 1930. The van der Waals surface area contributed by atoms with E-state index in [9.17, 15) is 27.6 Å². The summed E-state index contributed by atoms with van der Waals surface area (Å²) in [5.74, 6) is -0.269. The van der Waals surface area contributed by atoms with Gasteiger partial charge in [-0.05, 0) is 83.0 Å². The molecule has 1 aromatic heterocycles. The van der Waals surface area contributed by atoms with E-state index in [4.69, 9.17) is 14.0 Å². The number of hydrogen-bond acceptors (Lipinski definition) is 7. The molecule has 12 heteroatoms. The Morgan fingerprint density at radius 3 is 2.15 bits per heavy atom. The van der Waals surface area contributed by atoms with Crippen LogP contribution < -0.4 is 10.1 Å². The fraction of sp³-hybridized carbons (Fsp3) is 0.310. The number of halogens is 3. The molecule has 2 N–H and O–H groups in total. The van der Waals surface area contributed by atoms with Crippen molar-refractivity contribution < 1.29 is 41.6 Å². The Hall–Kier alpha value is -4.54.